The maximum atomic E-state index is 11.0. The van der Waals surface area contributed by atoms with Crippen LogP contribution in [0, 0.1) is 13.8 Å². The molecule has 0 saturated carbocycles. The van der Waals surface area contributed by atoms with Crippen LogP contribution in [0.15, 0.2) is 133 Å². The second kappa shape index (κ2) is 23.1. The number of nitrogens with zero attached hydrogens (tertiary/aromatic N) is 4. The van der Waals surface area contributed by atoms with Gasteiger partial charge in [0.2, 0.25) is 0 Å². The Labute approximate surface area is 300 Å². The van der Waals surface area contributed by atoms with Gasteiger partial charge in [0, 0.05) is 0 Å². The van der Waals surface area contributed by atoms with E-state index in [0.29, 0.717) is 0 Å². The van der Waals surface area contributed by atoms with E-state index in [0.717, 1.165) is 55.8 Å². The standard InChI is InChI=1S/C8H9N2P.C8H8N2.C7H7N2OP.C7H6N2O.2C2H4.4CH4/c1-6-9-7-4-2-3-5-8(7)10(6)11;1-6-9-7-4-2-3-5-8(7)10-6;10-7-8-5-3-1-2-4-6(5)9(7)11;10-7-8-5-3-1-2-4-6(5)9-7;2*1-2;;;;/h2-5H,11H2,1H3;2-5H,1H3,(H,9,10);1-4H,11H2,(H,8,10);1-4H,(H2,8,9,10);2*1-2H2;4*1H4. The molecular weight excluding hydrogens is 662 g/mol. The van der Waals surface area contributed by atoms with Crippen LogP contribution in [0.25, 0.3) is 44.1 Å². The Morgan fingerprint density at radius 3 is 1.46 bits per heavy atom. The van der Waals surface area contributed by atoms with Crippen molar-refractivity contribution in [3.8, 4) is 0 Å². The summed E-state index contributed by atoms with van der Waals surface area (Å²) in [5.74, 6) is 2.00. The van der Waals surface area contributed by atoms with E-state index in [2.05, 4.69) is 81.1 Å². The van der Waals surface area contributed by atoms with Crippen molar-refractivity contribution in [2.75, 3.05) is 0 Å². The molecule has 4 aromatic heterocycles. The Morgan fingerprint density at radius 1 is 0.520 bits per heavy atom. The Morgan fingerprint density at radius 2 is 0.960 bits per heavy atom. The minimum Gasteiger partial charge on any atom is -0.342 e. The lowest BCUT2D eigenvalue weighted by molar-refractivity contribution is 1.12. The minimum atomic E-state index is -0.152. The van der Waals surface area contributed by atoms with Crippen molar-refractivity contribution < 1.29 is 0 Å². The predicted molar refractivity (Wildman–Crippen MR) is 226 cm³/mol. The molecule has 0 fully saturated rings. The Bertz CT molecular complexity index is 2190. The highest BCUT2D eigenvalue weighted by Gasteiger charge is 2.01. The van der Waals surface area contributed by atoms with Gasteiger partial charge in [0.05, 0.1) is 44.1 Å². The van der Waals surface area contributed by atoms with E-state index >= 15 is 0 Å². The number of benzene rings is 4. The second-order valence-corrected chi connectivity index (χ2v) is 10.3. The molecule has 0 amide bonds. The topological polar surface area (TPSA) is 133 Å². The average molecular weight is 717 g/mol. The lowest BCUT2D eigenvalue weighted by Crippen LogP contribution is -2.06. The molecule has 0 bridgehead atoms. The van der Waals surface area contributed by atoms with Crippen molar-refractivity contribution in [1.29, 1.82) is 0 Å². The average Bonchev–Trinajstić information content (AvgIpc) is 3.82. The molecule has 0 saturated heterocycles. The summed E-state index contributed by atoms with van der Waals surface area (Å²) >= 11 is 0. The fourth-order valence-electron chi connectivity index (χ4n) is 4.30. The molecule has 50 heavy (non-hydrogen) atoms. The molecule has 268 valence electrons. The van der Waals surface area contributed by atoms with Gasteiger partial charge in [-0.2, -0.15) is 0 Å². The first-order valence-corrected chi connectivity index (χ1v) is 15.1. The van der Waals surface area contributed by atoms with Crippen LogP contribution in [0.4, 0.5) is 0 Å². The molecule has 0 aliphatic carbocycles. The highest BCUT2D eigenvalue weighted by Crippen LogP contribution is 2.17. The number of H-pyrrole nitrogens is 4. The molecule has 2 atom stereocenters. The Hall–Kier alpha value is -5.30. The molecule has 8 rings (SSSR count). The van der Waals surface area contributed by atoms with Gasteiger partial charge in [-0.3, -0.25) is 4.34 Å². The lowest BCUT2D eigenvalue weighted by atomic mass is 10.3. The number of para-hydroxylation sites is 8. The maximum absolute atomic E-state index is 11.0. The fraction of sp³-hybridized carbons (Fsp3) is 0.158. The SMILES string of the molecule is C.C.C.C.C=C.C=C.Cc1nc2ccccc2[nH]1.Cc1nc2ccccc2n1P.O=c1[nH]c2ccccc2[nH]1.O=c1[nH]c2ccccc2n1P. The van der Waals surface area contributed by atoms with Crippen molar-refractivity contribution in [1.82, 2.24) is 38.6 Å². The minimum absolute atomic E-state index is 0. The zero-order valence-corrected chi connectivity index (χ0v) is 28.1. The van der Waals surface area contributed by atoms with Gasteiger partial charge in [0.25, 0.3) is 0 Å². The summed E-state index contributed by atoms with van der Waals surface area (Å²) in [7, 11) is 5.00. The lowest BCUT2D eigenvalue weighted by Gasteiger charge is -1.93. The largest absolute Gasteiger partial charge is 0.342 e. The van der Waals surface area contributed by atoms with Gasteiger partial charge in [-0.15, -0.1) is 26.3 Å². The van der Waals surface area contributed by atoms with Crippen molar-refractivity contribution >= 4 is 62.9 Å². The van der Waals surface area contributed by atoms with Gasteiger partial charge in [-0.05, 0) is 81.2 Å². The van der Waals surface area contributed by atoms with E-state index in [9.17, 15) is 9.59 Å². The highest BCUT2D eigenvalue weighted by molar-refractivity contribution is 7.15. The zero-order chi connectivity index (χ0) is 33.6. The number of nitrogens with one attached hydrogen (secondary N) is 4. The monoisotopic (exact) mass is 716 g/mol. The van der Waals surface area contributed by atoms with Crippen LogP contribution in [0.2, 0.25) is 0 Å². The predicted octanol–water partition coefficient (Wildman–Crippen LogP) is 9.83. The molecule has 0 radical (unpaired) electrons. The maximum Gasteiger partial charge on any atom is 0.329 e. The molecule has 4 N–H and O–H groups in total. The van der Waals surface area contributed by atoms with E-state index in [-0.39, 0.29) is 41.1 Å². The van der Waals surface area contributed by atoms with E-state index in [1.165, 1.54) is 4.34 Å². The Balaban J connectivity index is 0. The van der Waals surface area contributed by atoms with Crippen LogP contribution in [0.3, 0.4) is 0 Å². The van der Waals surface area contributed by atoms with Crippen LogP contribution in [-0.2, 0) is 0 Å². The molecule has 0 aliphatic rings. The number of fused-ring (bicyclic) bond motifs is 4. The quantitative estimate of drug-likeness (QED) is 0.0919. The summed E-state index contributed by atoms with van der Waals surface area (Å²) in [4.78, 5) is 41.5. The molecule has 0 spiro atoms. The number of imidazole rings is 4. The summed E-state index contributed by atoms with van der Waals surface area (Å²) in [6, 6.07) is 31.1. The Kier molecular flexibility index (Phi) is 21.7. The first-order chi connectivity index (χ1) is 22.3. The molecule has 2 unspecified atom stereocenters. The fourth-order valence-corrected chi connectivity index (χ4v) is 4.86. The molecule has 4 heterocycles. The number of aromatic nitrogens is 8. The number of aryl methyl sites for hydroxylation is 2. The molecule has 8 aromatic rings. The third-order valence-electron chi connectivity index (χ3n) is 6.33. The van der Waals surface area contributed by atoms with Gasteiger partial charge < -0.3 is 24.3 Å². The number of hydrogen-bond donors (Lipinski definition) is 4. The smallest absolute Gasteiger partial charge is 0.329 e. The van der Waals surface area contributed by atoms with E-state index in [1.807, 2.05) is 109 Å². The van der Waals surface area contributed by atoms with Crippen LogP contribution < -0.4 is 11.4 Å². The third kappa shape index (κ3) is 12.0. The molecule has 10 nitrogen and oxygen atoms in total. The molecule has 0 aliphatic heterocycles. The van der Waals surface area contributed by atoms with Crippen LogP contribution in [0.5, 0.6) is 0 Å². The highest BCUT2D eigenvalue weighted by atomic mass is 31.0. The van der Waals surface area contributed by atoms with Crippen LogP contribution >= 0.6 is 18.8 Å². The number of rotatable bonds is 0. The van der Waals surface area contributed by atoms with Gasteiger partial charge >= 0.3 is 11.4 Å². The summed E-state index contributed by atoms with van der Waals surface area (Å²) < 4.78 is 3.52. The van der Waals surface area contributed by atoms with Crippen LogP contribution in [0.1, 0.15) is 41.4 Å². The first kappa shape index (κ1) is 46.8. The number of aromatic amines is 4. The van der Waals surface area contributed by atoms with Gasteiger partial charge in [-0.1, -0.05) is 78.2 Å². The van der Waals surface area contributed by atoms with Crippen molar-refractivity contribution in [2.45, 2.75) is 43.6 Å². The van der Waals surface area contributed by atoms with Crippen LogP contribution in [-0.4, -0.2) is 38.6 Å². The van der Waals surface area contributed by atoms with Crippen molar-refractivity contribution in [3.05, 3.63) is 156 Å². The molecular formula is C38H54N8O2P2. The van der Waals surface area contributed by atoms with Gasteiger partial charge in [-0.25, -0.2) is 19.6 Å². The molecule has 12 heteroatoms. The van der Waals surface area contributed by atoms with E-state index < -0.39 is 0 Å². The molecule has 4 aromatic carbocycles. The third-order valence-corrected chi connectivity index (χ3v) is 7.49. The van der Waals surface area contributed by atoms with Gasteiger partial charge in [0.15, 0.2) is 0 Å². The van der Waals surface area contributed by atoms with E-state index in [1.54, 1.807) is 0 Å². The van der Waals surface area contributed by atoms with Gasteiger partial charge in [0.1, 0.15) is 11.6 Å². The zero-order valence-electron chi connectivity index (χ0n) is 25.8. The normalized spacial score (nSPS) is 9.04. The summed E-state index contributed by atoms with van der Waals surface area (Å²) in [6.07, 6.45) is 0. The van der Waals surface area contributed by atoms with Crippen molar-refractivity contribution in [3.63, 3.8) is 0 Å². The summed E-state index contributed by atoms with van der Waals surface area (Å²) in [5, 5.41) is 0. The summed E-state index contributed by atoms with van der Waals surface area (Å²) in [6.45, 7) is 16.0. The summed E-state index contributed by atoms with van der Waals surface area (Å²) in [5.41, 5.74) is 7.60. The number of hydrogen-bond acceptors (Lipinski definition) is 4. The van der Waals surface area contributed by atoms with E-state index in [4.69, 9.17) is 0 Å². The van der Waals surface area contributed by atoms with Crippen molar-refractivity contribution in [2.24, 2.45) is 0 Å². The second-order valence-electron chi connectivity index (χ2n) is 9.30. The first-order valence-electron chi connectivity index (χ1n) is 14.0.